The fraction of sp³-hybridized carbons (Fsp3) is 0.827. The first-order valence-electron chi connectivity index (χ1n) is 26.5. The van der Waals surface area contributed by atoms with Crippen molar-refractivity contribution >= 4 is 36.4 Å². The van der Waals surface area contributed by atoms with Crippen LogP contribution in [0.25, 0.3) is 11.2 Å². The summed E-state index contributed by atoms with van der Waals surface area (Å²) in [6, 6.07) is 0. The molecule has 1 unspecified atom stereocenters. The Morgan fingerprint density at radius 3 is 2.38 bits per heavy atom. The van der Waals surface area contributed by atoms with Crippen molar-refractivity contribution in [3.05, 3.63) is 24.8 Å². The highest BCUT2D eigenvalue weighted by atomic mass is 31.2. The number of unbranched alkanes of at least 4 members (excludes halogenated alkanes) is 11. The number of rotatable bonds is 29. The van der Waals surface area contributed by atoms with Gasteiger partial charge in [0.15, 0.2) is 11.5 Å². The van der Waals surface area contributed by atoms with Gasteiger partial charge in [0, 0.05) is 32.5 Å². The number of hydrogen-bond acceptors (Lipinski definition) is 9. The number of fused-ring (bicyclic) bond motifs is 6. The average molecular weight is 938 g/mol. The number of anilines is 1. The van der Waals surface area contributed by atoms with Gasteiger partial charge in [-0.15, -0.1) is 0 Å². The Bertz CT molecular complexity index is 1890. The molecule has 372 valence electrons. The fourth-order valence-electron chi connectivity index (χ4n) is 13.4. The molecule has 0 spiro atoms. The van der Waals surface area contributed by atoms with E-state index in [1.54, 1.807) is 10.9 Å². The minimum absolute atomic E-state index is 0.0105. The molecule has 6 rings (SSSR count). The van der Waals surface area contributed by atoms with Crippen LogP contribution < -0.4 is 16.1 Å². The predicted octanol–water partition coefficient (Wildman–Crippen LogP) is 11.3. The second-order valence-corrected chi connectivity index (χ2v) is 23.5. The first-order chi connectivity index (χ1) is 31.8. The molecule has 0 aliphatic heterocycles. The van der Waals surface area contributed by atoms with Crippen molar-refractivity contribution in [1.29, 1.82) is 0 Å². The number of allylic oxidation sites excluding steroid dienone is 2. The molecule has 4 aliphatic rings. The van der Waals surface area contributed by atoms with Crippen LogP contribution in [-0.2, 0) is 30.2 Å². The van der Waals surface area contributed by atoms with Crippen molar-refractivity contribution in [2.45, 2.75) is 201 Å². The summed E-state index contributed by atoms with van der Waals surface area (Å²) in [5, 5.41) is 5.61. The second kappa shape index (κ2) is 25.7. The summed E-state index contributed by atoms with van der Waals surface area (Å²) in [4.78, 5) is 48.6. The van der Waals surface area contributed by atoms with Gasteiger partial charge >= 0.3 is 5.97 Å². The zero-order valence-electron chi connectivity index (χ0n) is 41.4. The van der Waals surface area contributed by atoms with Gasteiger partial charge in [-0.05, 0) is 143 Å². The molecule has 4 aliphatic carbocycles. The van der Waals surface area contributed by atoms with E-state index in [-0.39, 0.29) is 44.0 Å². The van der Waals surface area contributed by atoms with Crippen molar-refractivity contribution in [3.8, 4) is 0 Å². The van der Waals surface area contributed by atoms with Crippen LogP contribution in [0.2, 0.25) is 0 Å². The van der Waals surface area contributed by atoms with Crippen molar-refractivity contribution in [3.63, 3.8) is 0 Å². The van der Waals surface area contributed by atoms with E-state index in [1.807, 2.05) is 0 Å². The van der Waals surface area contributed by atoms with E-state index in [2.05, 4.69) is 65.2 Å². The highest BCUT2D eigenvalue weighted by molar-refractivity contribution is 7.55. The van der Waals surface area contributed by atoms with Crippen LogP contribution in [0.1, 0.15) is 188 Å². The highest BCUT2D eigenvalue weighted by Gasteiger charge is 2.60. The van der Waals surface area contributed by atoms with E-state index in [0.29, 0.717) is 65.0 Å². The normalized spacial score (nSPS) is 28.7. The van der Waals surface area contributed by atoms with E-state index >= 15 is 0 Å². The molecule has 2 aromatic rings. The number of amides is 1. The number of esters is 1. The lowest BCUT2D eigenvalue weighted by Crippen LogP contribution is -2.54. The molecule has 2 aromatic heterocycles. The fourth-order valence-corrected chi connectivity index (χ4v) is 14.4. The monoisotopic (exact) mass is 938 g/mol. The molecular formula is C52H88N7O6P. The predicted molar refractivity (Wildman–Crippen MR) is 264 cm³/mol. The number of aromatic nitrogens is 4. The van der Waals surface area contributed by atoms with Gasteiger partial charge in [-0.3, -0.25) is 14.2 Å². The number of ether oxygens (including phenoxy) is 2. The third-order valence-corrected chi connectivity index (χ3v) is 18.4. The van der Waals surface area contributed by atoms with E-state index in [9.17, 15) is 19.0 Å². The van der Waals surface area contributed by atoms with Crippen molar-refractivity contribution < 1.29 is 28.5 Å². The molecule has 0 aromatic carbocycles. The maximum Gasteiger partial charge on any atom is 0.306 e. The Kier molecular flexibility index (Phi) is 20.4. The van der Waals surface area contributed by atoms with Gasteiger partial charge in [-0.1, -0.05) is 91.2 Å². The van der Waals surface area contributed by atoms with E-state index in [1.165, 1.54) is 122 Å². The average Bonchev–Trinajstić information content (AvgIpc) is 3.88. The molecule has 0 bridgehead atoms. The topological polar surface area (TPSA) is 184 Å². The van der Waals surface area contributed by atoms with Crippen LogP contribution in [0.15, 0.2) is 24.8 Å². The smallest absolute Gasteiger partial charge is 0.306 e. The molecule has 13 nitrogen and oxygen atoms in total. The molecule has 10 atom stereocenters. The molecule has 0 radical (unpaired) electrons. The Morgan fingerprint density at radius 2 is 1.61 bits per heavy atom. The molecule has 4 saturated carbocycles. The Balaban J connectivity index is 0.818. The van der Waals surface area contributed by atoms with Crippen molar-refractivity contribution in [2.24, 2.45) is 46.3 Å². The summed E-state index contributed by atoms with van der Waals surface area (Å²) in [7, 11) is -3.74. The zero-order valence-corrected chi connectivity index (χ0v) is 42.3. The van der Waals surface area contributed by atoms with Crippen LogP contribution in [-0.4, -0.2) is 68.4 Å². The standard InChI is InChI=1S/C52H88N7O6P/c1-5-6-7-8-9-10-11-12-13-14-15-16-17-18-19-20-47(61)65-41-27-29-51(3)40(35-41)22-23-42-44-25-24-43(52(44,4)30-28-45(42)51)39(2)21-26-46(60)54-31-32-58-66(62,63)38-64-34-33-59-37-57-48-49(53)55-36-56-50(48)59/h12-13,36-37,39-45H,5-11,14-35,38H2,1-4H3,(H,54,60)(H2,53,55,56)(H2,58,62,63)/b13-12-/t39-,40-,41-,42+,43-,44+,45+,51+,52-/m1/s1. The molecule has 14 heteroatoms. The van der Waals surface area contributed by atoms with Gasteiger partial charge in [0.2, 0.25) is 5.91 Å². The summed E-state index contributed by atoms with van der Waals surface area (Å²) in [6.45, 7) is 10.8. The number of hydrogen-bond donors (Lipinski definition) is 4. The van der Waals surface area contributed by atoms with Crippen LogP contribution in [0.3, 0.4) is 0 Å². The summed E-state index contributed by atoms with van der Waals surface area (Å²) < 4.78 is 26.1. The van der Waals surface area contributed by atoms with E-state index in [4.69, 9.17) is 15.2 Å². The largest absolute Gasteiger partial charge is 0.462 e. The summed E-state index contributed by atoms with van der Waals surface area (Å²) >= 11 is 0. The molecule has 0 saturated heterocycles. The van der Waals surface area contributed by atoms with Crippen molar-refractivity contribution in [1.82, 2.24) is 29.9 Å². The van der Waals surface area contributed by atoms with Crippen LogP contribution in [0.4, 0.5) is 5.82 Å². The number of nitrogen functional groups attached to an aromatic ring is 1. The first-order valence-corrected chi connectivity index (χ1v) is 28.4. The van der Waals surface area contributed by atoms with E-state index < -0.39 is 7.52 Å². The number of nitrogens with zero attached hydrogens (tertiary/aromatic N) is 4. The maximum absolute atomic E-state index is 12.9. The van der Waals surface area contributed by atoms with Gasteiger partial charge < -0.3 is 30.0 Å². The molecule has 5 N–H and O–H groups in total. The van der Waals surface area contributed by atoms with Gasteiger partial charge in [-0.2, -0.15) is 0 Å². The Hall–Kier alpha value is -2.86. The molecule has 1 amide bonds. The molecular weight excluding hydrogens is 850 g/mol. The SMILES string of the molecule is CCCCCCCC/C=C\CCCCCCCC(=O)O[C@@H]1CC[C@@]2(C)[C@H](CC[C@@H]3[C@@H]2CC[C@]2(C)[C@@H]([C@H](C)CCC(=O)NCCNP(=O)(O)COCCn4cnc5c(N)ncnc54)CC[C@@H]32)C1. The quantitative estimate of drug-likeness (QED) is 0.0263. The van der Waals surface area contributed by atoms with Gasteiger partial charge in [-0.25, -0.2) is 20.0 Å². The van der Waals surface area contributed by atoms with E-state index in [0.717, 1.165) is 49.9 Å². The Morgan fingerprint density at radius 1 is 0.894 bits per heavy atom. The molecule has 66 heavy (non-hydrogen) atoms. The first kappa shape index (κ1) is 52.5. The van der Waals surface area contributed by atoms with Crippen LogP contribution in [0.5, 0.6) is 0 Å². The lowest BCUT2D eigenvalue weighted by molar-refractivity contribution is -0.162. The summed E-state index contributed by atoms with van der Waals surface area (Å²) in [6.07, 6.45) is 36.7. The van der Waals surface area contributed by atoms with Crippen LogP contribution >= 0.6 is 7.52 Å². The summed E-state index contributed by atoms with van der Waals surface area (Å²) in [5.41, 5.74) is 7.59. The second-order valence-electron chi connectivity index (χ2n) is 21.5. The highest BCUT2D eigenvalue weighted by Crippen LogP contribution is 2.68. The minimum atomic E-state index is -3.74. The number of nitrogens with one attached hydrogen (secondary N) is 2. The minimum Gasteiger partial charge on any atom is -0.462 e. The number of carbonyl (C=O) groups is 2. The third-order valence-electron chi connectivity index (χ3n) is 17.1. The zero-order chi connectivity index (χ0) is 47.0. The molecule has 4 fully saturated rings. The van der Waals surface area contributed by atoms with Crippen LogP contribution in [0, 0.1) is 46.3 Å². The number of nitrogens with two attached hydrogens (primary N) is 1. The summed E-state index contributed by atoms with van der Waals surface area (Å²) in [5.74, 6) is 4.33. The van der Waals surface area contributed by atoms with Crippen molar-refractivity contribution in [2.75, 3.05) is 31.8 Å². The molecule has 2 heterocycles. The van der Waals surface area contributed by atoms with Gasteiger partial charge in [0.05, 0.1) is 12.9 Å². The lowest BCUT2D eigenvalue weighted by atomic mass is 9.44. The van der Waals surface area contributed by atoms with Gasteiger partial charge in [0.1, 0.15) is 24.3 Å². The maximum atomic E-state index is 12.9. The number of imidazole rings is 1. The lowest BCUT2D eigenvalue weighted by Gasteiger charge is -2.61. The van der Waals surface area contributed by atoms with Gasteiger partial charge in [0.25, 0.3) is 7.52 Å². The number of carbonyl (C=O) groups excluding carboxylic acids is 2. The Labute approximate surface area is 397 Å². The third kappa shape index (κ3) is 14.3.